The maximum absolute atomic E-state index is 5.25. The molecule has 0 amide bonds. The summed E-state index contributed by atoms with van der Waals surface area (Å²) in [5.41, 5.74) is 0. The Bertz CT molecular complexity index is 182. The average molecular weight is 227 g/mol. The van der Waals surface area contributed by atoms with E-state index in [2.05, 4.69) is 26.1 Å². The van der Waals surface area contributed by atoms with Crippen LogP contribution >= 0.6 is 0 Å². The lowest BCUT2D eigenvalue weighted by molar-refractivity contribution is 0.143. The second kappa shape index (κ2) is 7.29. The minimum Gasteiger partial charge on any atom is -0.383 e. The van der Waals surface area contributed by atoms with Gasteiger partial charge in [-0.25, -0.2) is 0 Å². The molecule has 1 fully saturated rings. The number of hydrogen-bond acceptors (Lipinski definition) is 2. The maximum Gasteiger partial charge on any atom is 0.0615 e. The second-order valence-electron chi connectivity index (χ2n) is 5.59. The van der Waals surface area contributed by atoms with Crippen molar-refractivity contribution >= 4 is 0 Å². The summed E-state index contributed by atoms with van der Waals surface area (Å²) < 4.78 is 5.25. The zero-order chi connectivity index (χ0) is 12.0. The number of hydrogen-bond donors (Lipinski definition) is 1. The fraction of sp³-hybridized carbons (Fsp3) is 1.00. The topological polar surface area (TPSA) is 21.3 Å². The SMILES string of the molecule is CCC(COC)NC1CCCC(C(C)C)C1. The summed E-state index contributed by atoms with van der Waals surface area (Å²) in [4.78, 5) is 0. The Morgan fingerprint density at radius 2 is 2.06 bits per heavy atom. The molecular weight excluding hydrogens is 198 g/mol. The van der Waals surface area contributed by atoms with Crippen molar-refractivity contribution in [2.75, 3.05) is 13.7 Å². The standard InChI is InChI=1S/C14H29NO/c1-5-13(10-16-4)15-14-8-6-7-12(9-14)11(2)3/h11-15H,5-10H2,1-4H3. The van der Waals surface area contributed by atoms with Crippen LogP contribution in [0, 0.1) is 11.8 Å². The van der Waals surface area contributed by atoms with Crippen molar-refractivity contribution < 1.29 is 4.74 Å². The molecule has 2 heteroatoms. The molecule has 0 aromatic carbocycles. The van der Waals surface area contributed by atoms with Crippen molar-refractivity contribution in [1.29, 1.82) is 0 Å². The highest BCUT2D eigenvalue weighted by Crippen LogP contribution is 2.30. The molecule has 0 bridgehead atoms. The Balaban J connectivity index is 2.35. The highest BCUT2D eigenvalue weighted by atomic mass is 16.5. The molecule has 3 unspecified atom stereocenters. The highest BCUT2D eigenvalue weighted by molar-refractivity contribution is 4.82. The first-order valence-corrected chi connectivity index (χ1v) is 6.92. The van der Waals surface area contributed by atoms with Gasteiger partial charge in [0, 0.05) is 19.2 Å². The molecule has 0 spiro atoms. The van der Waals surface area contributed by atoms with Crippen molar-refractivity contribution in [3.63, 3.8) is 0 Å². The van der Waals surface area contributed by atoms with Crippen LogP contribution in [-0.4, -0.2) is 25.8 Å². The van der Waals surface area contributed by atoms with Crippen LogP contribution in [0.5, 0.6) is 0 Å². The first kappa shape index (κ1) is 14.0. The predicted octanol–water partition coefficient (Wildman–Crippen LogP) is 3.22. The summed E-state index contributed by atoms with van der Waals surface area (Å²) in [6.07, 6.45) is 6.69. The van der Waals surface area contributed by atoms with Gasteiger partial charge in [-0.2, -0.15) is 0 Å². The van der Waals surface area contributed by atoms with Crippen LogP contribution in [0.15, 0.2) is 0 Å². The molecule has 3 atom stereocenters. The van der Waals surface area contributed by atoms with E-state index in [-0.39, 0.29) is 0 Å². The molecule has 1 aliphatic rings. The third kappa shape index (κ3) is 4.42. The summed E-state index contributed by atoms with van der Waals surface area (Å²) >= 11 is 0. The number of ether oxygens (including phenoxy) is 1. The van der Waals surface area contributed by atoms with E-state index in [0.29, 0.717) is 6.04 Å². The van der Waals surface area contributed by atoms with E-state index in [0.717, 1.165) is 30.9 Å². The van der Waals surface area contributed by atoms with Crippen molar-refractivity contribution in [1.82, 2.24) is 5.32 Å². The molecule has 1 rings (SSSR count). The Morgan fingerprint density at radius 1 is 1.31 bits per heavy atom. The monoisotopic (exact) mass is 227 g/mol. The first-order chi connectivity index (χ1) is 7.67. The smallest absolute Gasteiger partial charge is 0.0615 e. The third-order valence-electron chi connectivity index (χ3n) is 3.99. The second-order valence-corrected chi connectivity index (χ2v) is 5.59. The number of nitrogens with one attached hydrogen (secondary N) is 1. The Hall–Kier alpha value is -0.0800. The summed E-state index contributed by atoms with van der Waals surface area (Å²) in [6.45, 7) is 7.80. The lowest BCUT2D eigenvalue weighted by Crippen LogP contribution is -2.43. The van der Waals surface area contributed by atoms with E-state index in [1.54, 1.807) is 7.11 Å². The van der Waals surface area contributed by atoms with E-state index in [9.17, 15) is 0 Å². The lowest BCUT2D eigenvalue weighted by atomic mass is 9.79. The molecule has 0 aliphatic heterocycles. The van der Waals surface area contributed by atoms with Gasteiger partial charge in [-0.1, -0.05) is 33.6 Å². The lowest BCUT2D eigenvalue weighted by Gasteiger charge is -2.34. The van der Waals surface area contributed by atoms with Gasteiger partial charge in [0.05, 0.1) is 6.61 Å². The minimum atomic E-state index is 0.543. The molecule has 0 heterocycles. The number of methoxy groups -OCH3 is 1. The van der Waals surface area contributed by atoms with Gasteiger partial charge in [0.15, 0.2) is 0 Å². The van der Waals surface area contributed by atoms with E-state index >= 15 is 0 Å². The van der Waals surface area contributed by atoms with E-state index < -0.39 is 0 Å². The first-order valence-electron chi connectivity index (χ1n) is 6.92. The Morgan fingerprint density at radius 3 is 2.62 bits per heavy atom. The predicted molar refractivity (Wildman–Crippen MR) is 69.7 cm³/mol. The van der Waals surface area contributed by atoms with Gasteiger partial charge in [0.25, 0.3) is 0 Å². The summed E-state index contributed by atoms with van der Waals surface area (Å²) in [7, 11) is 1.79. The van der Waals surface area contributed by atoms with Crippen LogP contribution in [0.1, 0.15) is 52.9 Å². The van der Waals surface area contributed by atoms with Gasteiger partial charge in [-0.15, -0.1) is 0 Å². The highest BCUT2D eigenvalue weighted by Gasteiger charge is 2.25. The zero-order valence-electron chi connectivity index (χ0n) is 11.5. The quantitative estimate of drug-likeness (QED) is 0.752. The molecule has 0 radical (unpaired) electrons. The molecule has 1 N–H and O–H groups in total. The van der Waals surface area contributed by atoms with Crippen molar-refractivity contribution in [3.8, 4) is 0 Å². The molecule has 1 aliphatic carbocycles. The van der Waals surface area contributed by atoms with Gasteiger partial charge < -0.3 is 10.1 Å². The van der Waals surface area contributed by atoms with Crippen LogP contribution < -0.4 is 5.32 Å². The van der Waals surface area contributed by atoms with Crippen LogP contribution in [0.2, 0.25) is 0 Å². The molecule has 1 saturated carbocycles. The molecule has 0 aromatic heterocycles. The van der Waals surface area contributed by atoms with Crippen molar-refractivity contribution in [2.45, 2.75) is 65.0 Å². The van der Waals surface area contributed by atoms with E-state index in [4.69, 9.17) is 4.74 Å². The fourth-order valence-electron chi connectivity index (χ4n) is 2.80. The van der Waals surface area contributed by atoms with Crippen molar-refractivity contribution in [3.05, 3.63) is 0 Å². The van der Waals surface area contributed by atoms with Gasteiger partial charge in [0.2, 0.25) is 0 Å². The third-order valence-corrected chi connectivity index (χ3v) is 3.99. The molecule has 16 heavy (non-hydrogen) atoms. The molecule has 0 aromatic rings. The average Bonchev–Trinajstić information content (AvgIpc) is 2.29. The van der Waals surface area contributed by atoms with Crippen LogP contribution in [0.4, 0.5) is 0 Å². The molecule has 0 saturated heterocycles. The maximum atomic E-state index is 5.25. The fourth-order valence-corrected chi connectivity index (χ4v) is 2.80. The molecule has 96 valence electrons. The molecular formula is C14H29NO. The van der Waals surface area contributed by atoms with Gasteiger partial charge in [-0.05, 0) is 31.1 Å². The van der Waals surface area contributed by atoms with Crippen LogP contribution in [-0.2, 0) is 4.74 Å². The van der Waals surface area contributed by atoms with Gasteiger partial charge in [-0.3, -0.25) is 0 Å². The number of rotatable bonds is 6. The summed E-state index contributed by atoms with van der Waals surface area (Å²) in [6, 6.07) is 1.27. The Kier molecular flexibility index (Phi) is 6.37. The zero-order valence-corrected chi connectivity index (χ0v) is 11.5. The van der Waals surface area contributed by atoms with E-state index in [1.807, 2.05) is 0 Å². The van der Waals surface area contributed by atoms with Crippen LogP contribution in [0.3, 0.4) is 0 Å². The van der Waals surface area contributed by atoms with Crippen LogP contribution in [0.25, 0.3) is 0 Å². The summed E-state index contributed by atoms with van der Waals surface area (Å²) in [5.74, 6) is 1.76. The molecule has 2 nitrogen and oxygen atoms in total. The van der Waals surface area contributed by atoms with Gasteiger partial charge in [0.1, 0.15) is 0 Å². The Labute approximate surface area is 101 Å². The van der Waals surface area contributed by atoms with E-state index in [1.165, 1.54) is 25.7 Å². The van der Waals surface area contributed by atoms with Gasteiger partial charge >= 0.3 is 0 Å². The van der Waals surface area contributed by atoms with Crippen molar-refractivity contribution in [2.24, 2.45) is 11.8 Å². The normalized spacial score (nSPS) is 28.3. The largest absolute Gasteiger partial charge is 0.383 e. The summed E-state index contributed by atoms with van der Waals surface area (Å²) in [5, 5.41) is 3.77. The minimum absolute atomic E-state index is 0.543.